The Morgan fingerprint density at radius 2 is 1.90 bits per heavy atom. The lowest BCUT2D eigenvalue weighted by Gasteiger charge is -2.40. The Bertz CT molecular complexity index is 399. The van der Waals surface area contributed by atoms with Gasteiger partial charge in [0.05, 0.1) is 5.92 Å². The quantitative estimate of drug-likeness (QED) is 0.829. The average Bonchev–Trinajstić information content (AvgIpc) is 2.32. The molecule has 2 unspecified atom stereocenters. The van der Waals surface area contributed by atoms with Gasteiger partial charge in [-0.2, -0.15) is 0 Å². The van der Waals surface area contributed by atoms with Crippen LogP contribution < -0.4 is 5.32 Å². The number of nitrogens with one attached hydrogen (secondary N) is 1. The van der Waals surface area contributed by atoms with Crippen molar-refractivity contribution in [1.82, 2.24) is 10.2 Å². The lowest BCUT2D eigenvalue weighted by molar-refractivity contribution is -0.145. The van der Waals surface area contributed by atoms with Crippen LogP contribution in [-0.4, -0.2) is 47.6 Å². The first-order valence-corrected chi connectivity index (χ1v) is 8.02. The molecule has 120 valence electrons. The van der Waals surface area contributed by atoms with Gasteiger partial charge in [0.2, 0.25) is 5.91 Å². The number of amides is 1. The number of rotatable bonds is 4. The Morgan fingerprint density at radius 1 is 1.24 bits per heavy atom. The summed E-state index contributed by atoms with van der Waals surface area (Å²) in [5, 5.41) is 12.4. The van der Waals surface area contributed by atoms with Crippen molar-refractivity contribution in [2.24, 2.45) is 17.3 Å². The predicted octanol–water partition coefficient (Wildman–Crippen LogP) is 1.72. The number of carboxylic acid groups (broad SMARTS) is 1. The zero-order valence-corrected chi connectivity index (χ0v) is 13.4. The van der Waals surface area contributed by atoms with Crippen LogP contribution in [0.5, 0.6) is 0 Å². The molecule has 1 aliphatic carbocycles. The molecule has 5 heteroatoms. The van der Waals surface area contributed by atoms with E-state index in [4.69, 9.17) is 0 Å². The molecule has 21 heavy (non-hydrogen) atoms. The van der Waals surface area contributed by atoms with Gasteiger partial charge in [-0.3, -0.25) is 9.59 Å². The summed E-state index contributed by atoms with van der Waals surface area (Å²) in [6.07, 6.45) is 4.35. The van der Waals surface area contributed by atoms with Crippen molar-refractivity contribution in [3.8, 4) is 0 Å². The summed E-state index contributed by atoms with van der Waals surface area (Å²) >= 11 is 0. The van der Waals surface area contributed by atoms with Crippen LogP contribution in [0.4, 0.5) is 0 Å². The maximum absolute atomic E-state index is 12.1. The van der Waals surface area contributed by atoms with Gasteiger partial charge in [-0.15, -0.1) is 0 Å². The van der Waals surface area contributed by atoms with Gasteiger partial charge in [0.1, 0.15) is 0 Å². The summed E-state index contributed by atoms with van der Waals surface area (Å²) in [5.41, 5.74) is -0.436. The zero-order chi connectivity index (χ0) is 15.6. The number of hydrogen-bond acceptors (Lipinski definition) is 3. The van der Waals surface area contributed by atoms with Gasteiger partial charge in [0.15, 0.2) is 0 Å². The van der Waals surface area contributed by atoms with E-state index in [1.165, 1.54) is 19.3 Å². The number of nitrogens with zero attached hydrogens (tertiary/aromatic N) is 1. The van der Waals surface area contributed by atoms with Gasteiger partial charge in [0, 0.05) is 31.1 Å². The fourth-order valence-corrected chi connectivity index (χ4v) is 3.07. The number of hydrogen-bond donors (Lipinski definition) is 2. The first-order chi connectivity index (χ1) is 9.75. The van der Waals surface area contributed by atoms with Crippen LogP contribution in [0.3, 0.4) is 0 Å². The molecule has 0 aromatic rings. The summed E-state index contributed by atoms with van der Waals surface area (Å²) < 4.78 is 0. The van der Waals surface area contributed by atoms with Crippen LogP contribution in [0, 0.1) is 17.3 Å². The molecule has 2 fully saturated rings. The summed E-state index contributed by atoms with van der Waals surface area (Å²) in [5.74, 6) is -0.397. The molecule has 0 radical (unpaired) electrons. The van der Waals surface area contributed by atoms with E-state index in [0.717, 1.165) is 19.0 Å². The van der Waals surface area contributed by atoms with E-state index in [-0.39, 0.29) is 17.9 Å². The Kier molecular flexibility index (Phi) is 4.91. The Morgan fingerprint density at radius 3 is 2.38 bits per heavy atom. The maximum Gasteiger partial charge on any atom is 0.307 e. The lowest BCUT2D eigenvalue weighted by atomic mass is 9.84. The molecule has 0 aromatic heterocycles. The van der Waals surface area contributed by atoms with E-state index in [1.54, 1.807) is 0 Å². The van der Waals surface area contributed by atoms with Crippen LogP contribution >= 0.6 is 0 Å². The van der Waals surface area contributed by atoms with E-state index < -0.39 is 11.4 Å². The second-order valence-corrected chi connectivity index (χ2v) is 7.71. The average molecular weight is 296 g/mol. The summed E-state index contributed by atoms with van der Waals surface area (Å²) in [6, 6.07) is -0.0494. The van der Waals surface area contributed by atoms with Gasteiger partial charge < -0.3 is 15.3 Å². The molecular formula is C16H28N2O3. The summed E-state index contributed by atoms with van der Waals surface area (Å²) in [6.45, 7) is 8.02. The SMILES string of the molecule is CC(C)(C)C(=O)NC1CC(C(=O)O)CN(CC2CCC2)C1. The molecule has 2 atom stereocenters. The van der Waals surface area contributed by atoms with Gasteiger partial charge in [-0.05, 0) is 25.2 Å². The first kappa shape index (κ1) is 16.3. The third-order valence-electron chi connectivity index (χ3n) is 4.63. The fourth-order valence-electron chi connectivity index (χ4n) is 3.07. The van der Waals surface area contributed by atoms with Crippen molar-refractivity contribution in [2.45, 2.75) is 52.5 Å². The van der Waals surface area contributed by atoms with E-state index in [0.29, 0.717) is 13.0 Å². The molecule has 1 aliphatic heterocycles. The molecule has 2 N–H and O–H groups in total. The minimum atomic E-state index is -0.747. The van der Waals surface area contributed by atoms with Crippen molar-refractivity contribution in [2.75, 3.05) is 19.6 Å². The predicted molar refractivity (Wildman–Crippen MR) is 80.9 cm³/mol. The smallest absolute Gasteiger partial charge is 0.307 e. The molecule has 1 heterocycles. The Hall–Kier alpha value is -1.10. The van der Waals surface area contributed by atoms with Crippen molar-refractivity contribution >= 4 is 11.9 Å². The topological polar surface area (TPSA) is 69.6 Å². The van der Waals surface area contributed by atoms with E-state index in [2.05, 4.69) is 10.2 Å². The van der Waals surface area contributed by atoms with Crippen LogP contribution in [-0.2, 0) is 9.59 Å². The van der Waals surface area contributed by atoms with Crippen molar-refractivity contribution in [3.05, 3.63) is 0 Å². The molecule has 5 nitrogen and oxygen atoms in total. The van der Waals surface area contributed by atoms with Gasteiger partial charge >= 0.3 is 5.97 Å². The molecule has 1 saturated carbocycles. The Labute approximate surface area is 127 Å². The number of likely N-dealkylation sites (tertiary alicyclic amines) is 1. The highest BCUT2D eigenvalue weighted by molar-refractivity contribution is 5.81. The molecule has 1 amide bonds. The molecule has 0 bridgehead atoms. The standard InChI is InChI=1S/C16H28N2O3/c1-16(2,3)15(21)17-13-7-12(14(19)20)9-18(10-13)8-11-5-4-6-11/h11-13H,4-10H2,1-3H3,(H,17,21)(H,19,20). The number of carboxylic acids is 1. The molecule has 2 rings (SSSR count). The van der Waals surface area contributed by atoms with Crippen LogP contribution in [0.25, 0.3) is 0 Å². The highest BCUT2D eigenvalue weighted by atomic mass is 16.4. The normalized spacial score (nSPS) is 28.0. The minimum Gasteiger partial charge on any atom is -0.481 e. The maximum atomic E-state index is 12.1. The zero-order valence-electron chi connectivity index (χ0n) is 13.4. The molecule has 0 spiro atoms. The molecule has 2 aliphatic rings. The number of carbonyl (C=O) groups excluding carboxylic acids is 1. The minimum absolute atomic E-state index is 0.00197. The third kappa shape index (κ3) is 4.43. The first-order valence-electron chi connectivity index (χ1n) is 8.02. The van der Waals surface area contributed by atoms with Crippen LogP contribution in [0.15, 0.2) is 0 Å². The van der Waals surface area contributed by atoms with E-state index in [1.807, 2.05) is 20.8 Å². The summed E-state index contributed by atoms with van der Waals surface area (Å²) in [7, 11) is 0. The highest BCUT2D eigenvalue weighted by Crippen LogP contribution is 2.29. The highest BCUT2D eigenvalue weighted by Gasteiger charge is 2.35. The van der Waals surface area contributed by atoms with Gasteiger partial charge in [-0.1, -0.05) is 27.2 Å². The second kappa shape index (κ2) is 6.34. The number of aliphatic carboxylic acids is 1. The largest absolute Gasteiger partial charge is 0.481 e. The number of piperidine rings is 1. The fraction of sp³-hybridized carbons (Fsp3) is 0.875. The second-order valence-electron chi connectivity index (χ2n) is 7.71. The molecule has 0 aromatic carbocycles. The van der Waals surface area contributed by atoms with E-state index >= 15 is 0 Å². The third-order valence-corrected chi connectivity index (χ3v) is 4.63. The summed E-state index contributed by atoms with van der Waals surface area (Å²) in [4.78, 5) is 25.7. The van der Waals surface area contributed by atoms with Crippen LogP contribution in [0.1, 0.15) is 46.5 Å². The van der Waals surface area contributed by atoms with E-state index in [9.17, 15) is 14.7 Å². The van der Waals surface area contributed by atoms with Crippen molar-refractivity contribution in [1.29, 1.82) is 0 Å². The Balaban J connectivity index is 1.95. The van der Waals surface area contributed by atoms with Crippen molar-refractivity contribution < 1.29 is 14.7 Å². The van der Waals surface area contributed by atoms with Crippen molar-refractivity contribution in [3.63, 3.8) is 0 Å². The monoisotopic (exact) mass is 296 g/mol. The lowest BCUT2D eigenvalue weighted by Crippen LogP contribution is -2.55. The van der Waals surface area contributed by atoms with Gasteiger partial charge in [0.25, 0.3) is 0 Å². The molecular weight excluding hydrogens is 268 g/mol. The molecule has 1 saturated heterocycles. The van der Waals surface area contributed by atoms with Crippen LogP contribution in [0.2, 0.25) is 0 Å². The van der Waals surface area contributed by atoms with Gasteiger partial charge in [-0.25, -0.2) is 0 Å². The number of carbonyl (C=O) groups is 2.